The molecule has 0 saturated heterocycles. The maximum atomic E-state index is 13.8. The molecule has 0 aromatic heterocycles. The molecular weight excluding hydrogens is 249 g/mol. The Labute approximate surface area is 111 Å². The monoisotopic (exact) mass is 263 g/mol. The van der Waals surface area contributed by atoms with Crippen LogP contribution in [0.2, 0.25) is 5.02 Å². The van der Waals surface area contributed by atoms with E-state index in [4.69, 9.17) is 17.3 Å². The van der Waals surface area contributed by atoms with Crippen molar-refractivity contribution in [3.63, 3.8) is 0 Å². The highest BCUT2D eigenvalue weighted by molar-refractivity contribution is 6.31. The SMILES string of the molecule is CCc1ccc(C(N)c2c(F)cccc2Cl)cc1. The maximum absolute atomic E-state index is 13.8. The number of halogens is 2. The van der Waals surface area contributed by atoms with Crippen LogP contribution in [0.3, 0.4) is 0 Å². The van der Waals surface area contributed by atoms with Crippen LogP contribution < -0.4 is 5.73 Å². The molecule has 0 saturated carbocycles. The van der Waals surface area contributed by atoms with Crippen molar-refractivity contribution in [2.45, 2.75) is 19.4 Å². The van der Waals surface area contributed by atoms with Gasteiger partial charge in [0.1, 0.15) is 5.82 Å². The van der Waals surface area contributed by atoms with Crippen molar-refractivity contribution >= 4 is 11.6 Å². The maximum Gasteiger partial charge on any atom is 0.129 e. The van der Waals surface area contributed by atoms with Gasteiger partial charge in [-0.1, -0.05) is 48.9 Å². The van der Waals surface area contributed by atoms with Crippen molar-refractivity contribution in [2.24, 2.45) is 5.73 Å². The second-order valence-electron chi connectivity index (χ2n) is 4.21. The van der Waals surface area contributed by atoms with Gasteiger partial charge in [0.25, 0.3) is 0 Å². The Hall–Kier alpha value is -1.38. The van der Waals surface area contributed by atoms with Gasteiger partial charge in [-0.15, -0.1) is 0 Å². The van der Waals surface area contributed by atoms with Gasteiger partial charge in [0.2, 0.25) is 0 Å². The second kappa shape index (κ2) is 5.51. The van der Waals surface area contributed by atoms with E-state index in [2.05, 4.69) is 6.92 Å². The van der Waals surface area contributed by atoms with Crippen molar-refractivity contribution in [2.75, 3.05) is 0 Å². The van der Waals surface area contributed by atoms with Crippen LogP contribution in [0.5, 0.6) is 0 Å². The summed E-state index contributed by atoms with van der Waals surface area (Å²) >= 11 is 6.01. The van der Waals surface area contributed by atoms with Gasteiger partial charge in [-0.2, -0.15) is 0 Å². The zero-order valence-electron chi connectivity index (χ0n) is 10.2. The minimum absolute atomic E-state index is 0.350. The third-order valence-electron chi connectivity index (χ3n) is 3.06. The molecule has 0 aliphatic heterocycles. The van der Waals surface area contributed by atoms with Crippen LogP contribution in [-0.2, 0) is 6.42 Å². The van der Waals surface area contributed by atoms with Crippen LogP contribution in [0.15, 0.2) is 42.5 Å². The van der Waals surface area contributed by atoms with Gasteiger partial charge in [-0.25, -0.2) is 4.39 Å². The molecule has 2 aromatic rings. The lowest BCUT2D eigenvalue weighted by Gasteiger charge is -2.15. The van der Waals surface area contributed by atoms with Crippen LogP contribution in [0.1, 0.15) is 29.7 Å². The van der Waals surface area contributed by atoms with Gasteiger partial charge in [-0.3, -0.25) is 0 Å². The molecule has 2 N–H and O–H groups in total. The van der Waals surface area contributed by atoms with Crippen LogP contribution in [0.4, 0.5) is 4.39 Å². The second-order valence-corrected chi connectivity index (χ2v) is 4.62. The zero-order valence-corrected chi connectivity index (χ0v) is 10.9. The molecule has 0 fully saturated rings. The van der Waals surface area contributed by atoms with E-state index in [0.717, 1.165) is 12.0 Å². The Balaban J connectivity index is 2.38. The number of benzene rings is 2. The van der Waals surface area contributed by atoms with Gasteiger partial charge in [-0.05, 0) is 29.7 Å². The predicted octanol–water partition coefficient (Wildman–Crippen LogP) is 4.09. The van der Waals surface area contributed by atoms with Crippen molar-refractivity contribution in [1.29, 1.82) is 0 Å². The fraction of sp³-hybridized carbons (Fsp3) is 0.200. The van der Waals surface area contributed by atoms with Gasteiger partial charge in [0.15, 0.2) is 0 Å². The lowest BCUT2D eigenvalue weighted by molar-refractivity contribution is 0.600. The summed E-state index contributed by atoms with van der Waals surface area (Å²) in [4.78, 5) is 0. The highest BCUT2D eigenvalue weighted by atomic mass is 35.5. The molecule has 1 atom stereocenters. The summed E-state index contributed by atoms with van der Waals surface area (Å²) < 4.78 is 13.8. The lowest BCUT2D eigenvalue weighted by Crippen LogP contribution is -2.14. The summed E-state index contributed by atoms with van der Waals surface area (Å²) in [6, 6.07) is 11.9. The minimum atomic E-state index is -0.537. The normalized spacial score (nSPS) is 12.4. The molecule has 3 heteroatoms. The third kappa shape index (κ3) is 2.55. The molecule has 2 aromatic carbocycles. The Morgan fingerprint density at radius 1 is 1.17 bits per heavy atom. The van der Waals surface area contributed by atoms with Crippen LogP contribution in [0, 0.1) is 5.82 Å². The first-order valence-electron chi connectivity index (χ1n) is 5.91. The van der Waals surface area contributed by atoms with Gasteiger partial charge < -0.3 is 5.73 Å². The molecule has 0 aliphatic carbocycles. The van der Waals surface area contributed by atoms with Crippen molar-refractivity contribution in [1.82, 2.24) is 0 Å². The first-order chi connectivity index (χ1) is 8.63. The first kappa shape index (κ1) is 13.1. The van der Waals surface area contributed by atoms with Gasteiger partial charge >= 0.3 is 0 Å². The number of nitrogens with two attached hydrogens (primary N) is 1. The lowest BCUT2D eigenvalue weighted by atomic mass is 9.97. The quantitative estimate of drug-likeness (QED) is 0.887. The summed E-state index contributed by atoms with van der Waals surface area (Å²) in [7, 11) is 0. The van der Waals surface area contributed by atoms with Crippen LogP contribution >= 0.6 is 11.6 Å². The Bertz CT molecular complexity index is 516. The summed E-state index contributed by atoms with van der Waals surface area (Å²) in [5.41, 5.74) is 8.52. The van der Waals surface area contributed by atoms with Crippen molar-refractivity contribution in [3.05, 3.63) is 70.0 Å². The first-order valence-corrected chi connectivity index (χ1v) is 6.29. The predicted molar refractivity (Wildman–Crippen MR) is 73.3 cm³/mol. The molecule has 0 radical (unpaired) electrons. The fourth-order valence-electron chi connectivity index (χ4n) is 1.94. The molecule has 0 heterocycles. The average molecular weight is 264 g/mol. The van der Waals surface area contributed by atoms with E-state index in [9.17, 15) is 4.39 Å². The van der Waals surface area contributed by atoms with Crippen LogP contribution in [0.25, 0.3) is 0 Å². The zero-order chi connectivity index (χ0) is 13.1. The van der Waals surface area contributed by atoms with E-state index in [1.165, 1.54) is 11.6 Å². The Kier molecular flexibility index (Phi) is 4.00. The average Bonchev–Trinajstić information content (AvgIpc) is 2.38. The third-order valence-corrected chi connectivity index (χ3v) is 3.39. The number of rotatable bonds is 3. The molecule has 0 bridgehead atoms. The smallest absolute Gasteiger partial charge is 0.129 e. The summed E-state index contributed by atoms with van der Waals surface area (Å²) in [6.07, 6.45) is 0.968. The molecule has 1 unspecified atom stereocenters. The summed E-state index contributed by atoms with van der Waals surface area (Å²) in [5.74, 6) is -0.366. The molecular formula is C15H15ClFN. The molecule has 0 amide bonds. The minimum Gasteiger partial charge on any atom is -0.320 e. The van der Waals surface area contributed by atoms with E-state index in [0.29, 0.717) is 10.6 Å². The van der Waals surface area contributed by atoms with Gasteiger partial charge in [0.05, 0.1) is 6.04 Å². The van der Waals surface area contributed by atoms with E-state index < -0.39 is 6.04 Å². The van der Waals surface area contributed by atoms with Crippen LogP contribution in [-0.4, -0.2) is 0 Å². The molecule has 1 nitrogen and oxygen atoms in total. The highest BCUT2D eigenvalue weighted by Gasteiger charge is 2.16. The number of aryl methyl sites for hydroxylation is 1. The number of hydrogen-bond acceptors (Lipinski definition) is 1. The Morgan fingerprint density at radius 2 is 1.83 bits per heavy atom. The van der Waals surface area contributed by atoms with E-state index in [1.807, 2.05) is 24.3 Å². The van der Waals surface area contributed by atoms with E-state index in [1.54, 1.807) is 12.1 Å². The Morgan fingerprint density at radius 3 is 2.39 bits per heavy atom. The van der Waals surface area contributed by atoms with Crippen molar-refractivity contribution in [3.8, 4) is 0 Å². The fourth-order valence-corrected chi connectivity index (χ4v) is 2.22. The topological polar surface area (TPSA) is 26.0 Å². The summed E-state index contributed by atoms with van der Waals surface area (Å²) in [6.45, 7) is 2.09. The van der Waals surface area contributed by atoms with E-state index >= 15 is 0 Å². The molecule has 2 rings (SSSR count). The van der Waals surface area contributed by atoms with Crippen molar-refractivity contribution < 1.29 is 4.39 Å². The molecule has 0 spiro atoms. The number of hydrogen-bond donors (Lipinski definition) is 1. The molecule has 94 valence electrons. The van der Waals surface area contributed by atoms with E-state index in [-0.39, 0.29) is 5.82 Å². The standard InChI is InChI=1S/C15H15ClFN/c1-2-10-6-8-11(9-7-10)15(18)14-12(16)4-3-5-13(14)17/h3-9,15H,2,18H2,1H3. The molecule has 0 aliphatic rings. The molecule has 18 heavy (non-hydrogen) atoms. The van der Waals surface area contributed by atoms with Gasteiger partial charge in [0, 0.05) is 10.6 Å². The summed E-state index contributed by atoms with van der Waals surface area (Å²) in [5, 5.41) is 0.363. The highest BCUT2D eigenvalue weighted by Crippen LogP contribution is 2.28. The largest absolute Gasteiger partial charge is 0.320 e.